The summed E-state index contributed by atoms with van der Waals surface area (Å²) in [5.41, 5.74) is -1.62. The van der Waals surface area contributed by atoms with Crippen LogP contribution in [0.1, 0.15) is 10.4 Å². The average Bonchev–Trinajstić information content (AvgIpc) is 2.43. The van der Waals surface area contributed by atoms with Crippen LogP contribution in [0.15, 0.2) is 12.4 Å². The molecule has 4 nitrogen and oxygen atoms in total. The molecule has 1 amide bonds. The van der Waals surface area contributed by atoms with Crippen molar-refractivity contribution in [3.63, 3.8) is 0 Å². The van der Waals surface area contributed by atoms with Crippen molar-refractivity contribution in [1.29, 1.82) is 0 Å². The van der Waals surface area contributed by atoms with E-state index in [1.165, 1.54) is 0 Å². The molecule has 0 unspecified atom stereocenters. The molecule has 21 heavy (non-hydrogen) atoms. The highest BCUT2D eigenvalue weighted by atomic mass is 35.5. The number of anilines is 1. The molecule has 0 saturated carbocycles. The first kappa shape index (κ1) is 15.1. The lowest BCUT2D eigenvalue weighted by molar-refractivity contribution is 0.101. The van der Waals surface area contributed by atoms with Crippen LogP contribution in [-0.2, 0) is 0 Å². The second kappa shape index (κ2) is 5.60. The van der Waals surface area contributed by atoms with Crippen LogP contribution in [0.4, 0.5) is 27.8 Å². The first-order valence-corrected chi connectivity index (χ1v) is 5.51. The molecule has 0 spiro atoms. The summed E-state index contributed by atoms with van der Waals surface area (Å²) < 4.78 is 65.6. The maximum absolute atomic E-state index is 13.4. The van der Waals surface area contributed by atoms with Crippen LogP contribution >= 0.6 is 11.6 Å². The summed E-state index contributed by atoms with van der Waals surface area (Å²) in [6.45, 7) is 0. The highest BCUT2D eigenvalue weighted by Gasteiger charge is 2.29. The van der Waals surface area contributed by atoms with Crippen LogP contribution in [0, 0.1) is 29.1 Å². The molecule has 0 aliphatic rings. The van der Waals surface area contributed by atoms with Crippen molar-refractivity contribution in [2.24, 2.45) is 0 Å². The van der Waals surface area contributed by atoms with Crippen molar-refractivity contribution in [1.82, 2.24) is 9.97 Å². The van der Waals surface area contributed by atoms with Gasteiger partial charge in [0, 0.05) is 6.07 Å². The Kier molecular flexibility index (Phi) is 4.03. The standard InChI is InChI=1S/C11H3ClF5N3O/c12-3-1-4(19-2-18-3)20-11(21)5-6(13)8(15)10(17)9(16)7(5)14/h1-2H,(H,18,19,20,21). The predicted molar refractivity (Wildman–Crippen MR) is 61.2 cm³/mol. The van der Waals surface area contributed by atoms with Gasteiger partial charge >= 0.3 is 0 Å². The molecule has 0 fully saturated rings. The van der Waals surface area contributed by atoms with Gasteiger partial charge in [-0.3, -0.25) is 4.79 Å². The van der Waals surface area contributed by atoms with Crippen LogP contribution in [0.3, 0.4) is 0 Å². The molecule has 0 radical (unpaired) electrons. The van der Waals surface area contributed by atoms with E-state index in [2.05, 4.69) is 9.97 Å². The van der Waals surface area contributed by atoms with Gasteiger partial charge in [0.05, 0.1) is 0 Å². The van der Waals surface area contributed by atoms with Crippen molar-refractivity contribution in [2.45, 2.75) is 0 Å². The Bertz CT molecular complexity index is 711. The molecular formula is C11H3ClF5N3O. The van der Waals surface area contributed by atoms with E-state index >= 15 is 0 Å². The Morgan fingerprint density at radius 3 is 2.00 bits per heavy atom. The highest BCUT2D eigenvalue weighted by molar-refractivity contribution is 6.29. The van der Waals surface area contributed by atoms with E-state index in [1.54, 1.807) is 0 Å². The van der Waals surface area contributed by atoms with E-state index in [0.717, 1.165) is 12.4 Å². The van der Waals surface area contributed by atoms with Crippen LogP contribution in [0.2, 0.25) is 5.15 Å². The number of hydrogen-bond donors (Lipinski definition) is 1. The Labute approximate surface area is 118 Å². The van der Waals surface area contributed by atoms with E-state index in [0.29, 0.717) is 0 Å². The van der Waals surface area contributed by atoms with Crippen molar-refractivity contribution in [2.75, 3.05) is 5.32 Å². The van der Waals surface area contributed by atoms with E-state index in [-0.39, 0.29) is 11.0 Å². The lowest BCUT2D eigenvalue weighted by Gasteiger charge is -2.08. The van der Waals surface area contributed by atoms with Gasteiger partial charge in [-0.05, 0) is 0 Å². The minimum atomic E-state index is -2.35. The number of amides is 1. The molecule has 0 aliphatic heterocycles. The number of aromatic nitrogens is 2. The fourth-order valence-corrected chi connectivity index (χ4v) is 1.53. The Hall–Kier alpha value is -2.29. The molecule has 0 saturated heterocycles. The number of benzene rings is 1. The maximum atomic E-state index is 13.4. The van der Waals surface area contributed by atoms with Crippen LogP contribution in [0.5, 0.6) is 0 Å². The van der Waals surface area contributed by atoms with E-state index in [1.807, 2.05) is 5.32 Å². The summed E-state index contributed by atoms with van der Waals surface area (Å²) in [7, 11) is 0. The molecule has 1 N–H and O–H groups in total. The number of carbonyl (C=O) groups is 1. The first-order valence-electron chi connectivity index (χ1n) is 5.13. The molecular weight excluding hydrogens is 321 g/mol. The Morgan fingerprint density at radius 1 is 0.952 bits per heavy atom. The molecule has 1 heterocycles. The van der Waals surface area contributed by atoms with Crippen LogP contribution in [-0.4, -0.2) is 15.9 Å². The lowest BCUT2D eigenvalue weighted by Crippen LogP contribution is -2.19. The molecule has 2 aromatic rings. The van der Waals surface area contributed by atoms with Gasteiger partial charge < -0.3 is 5.32 Å². The van der Waals surface area contributed by atoms with Gasteiger partial charge in [-0.1, -0.05) is 11.6 Å². The second-order valence-corrected chi connectivity index (χ2v) is 4.01. The van der Waals surface area contributed by atoms with Gasteiger partial charge in [0.25, 0.3) is 5.91 Å². The lowest BCUT2D eigenvalue weighted by atomic mass is 10.1. The molecule has 1 aromatic heterocycles. The third-order valence-corrected chi connectivity index (χ3v) is 2.52. The molecule has 0 atom stereocenters. The smallest absolute Gasteiger partial charge is 0.263 e. The topological polar surface area (TPSA) is 54.9 Å². The first-order chi connectivity index (χ1) is 9.82. The zero-order chi connectivity index (χ0) is 15.7. The maximum Gasteiger partial charge on any atom is 0.263 e. The number of nitrogens with one attached hydrogen (secondary N) is 1. The van der Waals surface area contributed by atoms with E-state index in [4.69, 9.17) is 11.6 Å². The van der Waals surface area contributed by atoms with E-state index < -0.39 is 40.6 Å². The van der Waals surface area contributed by atoms with E-state index in [9.17, 15) is 26.7 Å². The predicted octanol–water partition coefficient (Wildman–Crippen LogP) is 3.08. The molecule has 0 aliphatic carbocycles. The average molecular weight is 324 g/mol. The third-order valence-electron chi connectivity index (χ3n) is 2.31. The number of carbonyl (C=O) groups excluding carboxylic acids is 1. The largest absolute Gasteiger partial charge is 0.306 e. The minimum absolute atomic E-state index is 0.0993. The number of hydrogen-bond acceptors (Lipinski definition) is 3. The molecule has 10 heteroatoms. The van der Waals surface area contributed by atoms with Crippen LogP contribution in [0.25, 0.3) is 0 Å². The quantitative estimate of drug-likeness (QED) is 0.400. The molecule has 0 bridgehead atoms. The zero-order valence-corrected chi connectivity index (χ0v) is 10.5. The van der Waals surface area contributed by atoms with Gasteiger partial charge in [-0.15, -0.1) is 0 Å². The van der Waals surface area contributed by atoms with Gasteiger partial charge in [0.1, 0.15) is 22.9 Å². The van der Waals surface area contributed by atoms with Gasteiger partial charge in [0.2, 0.25) is 5.82 Å². The summed E-state index contributed by atoms with van der Waals surface area (Å²) in [4.78, 5) is 18.6. The normalized spacial score (nSPS) is 10.6. The summed E-state index contributed by atoms with van der Waals surface area (Å²) in [6, 6.07) is 1.02. The summed E-state index contributed by atoms with van der Waals surface area (Å²) >= 11 is 5.49. The fraction of sp³-hybridized carbons (Fsp3) is 0. The summed E-state index contributed by atoms with van der Waals surface area (Å²) in [5, 5.41) is 1.74. The number of nitrogens with zero attached hydrogens (tertiary/aromatic N) is 2. The Balaban J connectivity index is 2.45. The van der Waals surface area contributed by atoms with Gasteiger partial charge in [0.15, 0.2) is 23.3 Å². The summed E-state index contributed by atoms with van der Waals surface area (Å²) in [5.74, 6) is -13.1. The Morgan fingerprint density at radius 2 is 1.48 bits per heavy atom. The van der Waals surface area contributed by atoms with Crippen molar-refractivity contribution in [3.05, 3.63) is 52.2 Å². The fourth-order valence-electron chi connectivity index (χ4n) is 1.39. The SMILES string of the molecule is O=C(Nc1cc(Cl)ncn1)c1c(F)c(F)c(F)c(F)c1F. The number of rotatable bonds is 2. The van der Waals surface area contributed by atoms with Crippen LogP contribution < -0.4 is 5.32 Å². The monoisotopic (exact) mass is 323 g/mol. The second-order valence-electron chi connectivity index (χ2n) is 3.63. The van der Waals surface area contributed by atoms with Crippen molar-refractivity contribution < 1.29 is 26.7 Å². The van der Waals surface area contributed by atoms with Crippen molar-refractivity contribution in [3.8, 4) is 0 Å². The molecule has 1 aromatic carbocycles. The molecule has 2 rings (SSSR count). The van der Waals surface area contributed by atoms with Gasteiger partial charge in [-0.25, -0.2) is 31.9 Å². The minimum Gasteiger partial charge on any atom is -0.306 e. The summed E-state index contributed by atoms with van der Waals surface area (Å²) in [6.07, 6.45) is 0.927. The van der Waals surface area contributed by atoms with Crippen molar-refractivity contribution >= 4 is 23.3 Å². The number of halogens is 6. The molecule has 110 valence electrons. The van der Waals surface area contributed by atoms with Gasteiger partial charge in [-0.2, -0.15) is 0 Å². The zero-order valence-electron chi connectivity index (χ0n) is 9.73. The third kappa shape index (κ3) is 2.77. The highest BCUT2D eigenvalue weighted by Crippen LogP contribution is 2.23.